The fraction of sp³-hybridized carbons (Fsp3) is 0.520. The van der Waals surface area contributed by atoms with Crippen molar-refractivity contribution in [1.29, 1.82) is 0 Å². The summed E-state index contributed by atoms with van der Waals surface area (Å²) in [5, 5.41) is 19.6. The number of unbranched alkanes of at least 4 members (excludes halogenated alkanes) is 9. The van der Waals surface area contributed by atoms with Gasteiger partial charge in [-0.2, -0.15) is 0 Å². The molecule has 2 N–H and O–H groups in total. The van der Waals surface area contributed by atoms with E-state index in [1.54, 1.807) is 0 Å². The highest BCUT2D eigenvalue weighted by Crippen LogP contribution is 2.25. The standard InChI is InChI=1S/C25H34O4/c1-19-22(26)24(28)21(25(29)23(19)27)18-14-9-7-5-3-2-4-6-8-11-15-20-16-12-10-13-17-20/h10,12-13,16-17,26,29H,2-9,11,14-15,18H2,1H3. The number of carbonyl (C=O) groups is 2. The minimum Gasteiger partial charge on any atom is -0.504 e. The molecular weight excluding hydrogens is 364 g/mol. The van der Waals surface area contributed by atoms with Crippen LogP contribution >= 0.6 is 0 Å². The van der Waals surface area contributed by atoms with E-state index in [-0.39, 0.29) is 11.1 Å². The lowest BCUT2D eigenvalue weighted by molar-refractivity contribution is -0.120. The van der Waals surface area contributed by atoms with Crippen LogP contribution in [0.15, 0.2) is 53.0 Å². The van der Waals surface area contributed by atoms with E-state index in [9.17, 15) is 19.8 Å². The van der Waals surface area contributed by atoms with Gasteiger partial charge in [0.25, 0.3) is 0 Å². The van der Waals surface area contributed by atoms with Gasteiger partial charge in [0, 0.05) is 11.1 Å². The van der Waals surface area contributed by atoms with Gasteiger partial charge >= 0.3 is 0 Å². The van der Waals surface area contributed by atoms with Gasteiger partial charge in [-0.15, -0.1) is 0 Å². The van der Waals surface area contributed by atoms with Crippen LogP contribution in [0.4, 0.5) is 0 Å². The summed E-state index contributed by atoms with van der Waals surface area (Å²) in [4.78, 5) is 23.8. The molecule has 0 aliphatic heterocycles. The third-order valence-corrected chi connectivity index (χ3v) is 5.67. The first-order valence-electron chi connectivity index (χ1n) is 11.0. The van der Waals surface area contributed by atoms with Crippen LogP contribution in [0.3, 0.4) is 0 Å². The van der Waals surface area contributed by atoms with Crippen LogP contribution in [0.25, 0.3) is 0 Å². The SMILES string of the molecule is CC1=C(O)C(=O)C(CCCCCCCCCCCCc2ccccc2)=C(O)C1=O. The normalized spacial score (nSPS) is 14.8. The smallest absolute Gasteiger partial charge is 0.227 e. The summed E-state index contributed by atoms with van der Waals surface area (Å²) in [6, 6.07) is 10.7. The van der Waals surface area contributed by atoms with Crippen molar-refractivity contribution in [3.63, 3.8) is 0 Å². The molecule has 1 aliphatic carbocycles. The number of hydrogen-bond donors (Lipinski definition) is 2. The largest absolute Gasteiger partial charge is 0.504 e. The van der Waals surface area contributed by atoms with Crippen molar-refractivity contribution in [2.24, 2.45) is 0 Å². The summed E-state index contributed by atoms with van der Waals surface area (Å²) in [5.74, 6) is -2.25. The second-order valence-corrected chi connectivity index (χ2v) is 7.98. The highest BCUT2D eigenvalue weighted by molar-refractivity contribution is 6.22. The number of aryl methyl sites for hydroxylation is 1. The molecule has 0 aromatic heterocycles. The van der Waals surface area contributed by atoms with Crippen LogP contribution in [-0.4, -0.2) is 21.8 Å². The molecule has 0 spiro atoms. The molecule has 1 aromatic carbocycles. The average Bonchev–Trinajstić information content (AvgIpc) is 2.74. The number of benzene rings is 1. The van der Waals surface area contributed by atoms with Gasteiger partial charge in [-0.1, -0.05) is 81.7 Å². The quantitative estimate of drug-likeness (QED) is 0.301. The summed E-state index contributed by atoms with van der Waals surface area (Å²) in [6.45, 7) is 1.35. The van der Waals surface area contributed by atoms with Crippen molar-refractivity contribution in [2.75, 3.05) is 0 Å². The maximum Gasteiger partial charge on any atom is 0.227 e. The van der Waals surface area contributed by atoms with Gasteiger partial charge in [0.1, 0.15) is 0 Å². The van der Waals surface area contributed by atoms with Crippen molar-refractivity contribution in [3.05, 3.63) is 58.6 Å². The molecule has 0 saturated carbocycles. The van der Waals surface area contributed by atoms with Gasteiger partial charge in [-0.25, -0.2) is 0 Å². The van der Waals surface area contributed by atoms with E-state index in [2.05, 4.69) is 30.3 Å². The molecule has 29 heavy (non-hydrogen) atoms. The first-order valence-corrected chi connectivity index (χ1v) is 11.0. The Bertz CT molecular complexity index is 743. The topological polar surface area (TPSA) is 74.6 Å². The number of carbonyl (C=O) groups excluding carboxylic acids is 2. The molecule has 4 nitrogen and oxygen atoms in total. The summed E-state index contributed by atoms with van der Waals surface area (Å²) >= 11 is 0. The van der Waals surface area contributed by atoms with E-state index < -0.39 is 23.1 Å². The third kappa shape index (κ3) is 7.19. The zero-order valence-electron chi connectivity index (χ0n) is 17.6. The van der Waals surface area contributed by atoms with Gasteiger partial charge in [0.05, 0.1) is 0 Å². The second-order valence-electron chi connectivity index (χ2n) is 7.98. The Kier molecular flexibility index (Phi) is 9.69. The molecule has 0 unspecified atom stereocenters. The summed E-state index contributed by atoms with van der Waals surface area (Å²) < 4.78 is 0. The van der Waals surface area contributed by atoms with Crippen molar-refractivity contribution in [2.45, 2.75) is 84.0 Å². The van der Waals surface area contributed by atoms with Crippen molar-refractivity contribution < 1.29 is 19.8 Å². The predicted octanol–water partition coefficient (Wildman–Crippen LogP) is 6.32. The summed E-state index contributed by atoms with van der Waals surface area (Å²) in [7, 11) is 0. The zero-order chi connectivity index (χ0) is 21.1. The monoisotopic (exact) mass is 398 g/mol. The van der Waals surface area contributed by atoms with Crippen LogP contribution in [0.2, 0.25) is 0 Å². The fourth-order valence-electron chi connectivity index (χ4n) is 3.76. The van der Waals surface area contributed by atoms with Gasteiger partial charge in [0.15, 0.2) is 11.5 Å². The summed E-state index contributed by atoms with van der Waals surface area (Å²) in [5.41, 5.74) is 1.42. The molecule has 0 atom stereocenters. The lowest BCUT2D eigenvalue weighted by atomic mass is 9.91. The van der Waals surface area contributed by atoms with E-state index >= 15 is 0 Å². The number of Topliss-reactive ketones (excluding diaryl/α,β-unsaturated/α-hetero) is 2. The maximum atomic E-state index is 12.0. The first-order chi connectivity index (χ1) is 14.0. The summed E-state index contributed by atoms with van der Waals surface area (Å²) in [6.07, 6.45) is 13.1. The molecular formula is C25H34O4. The van der Waals surface area contributed by atoms with E-state index in [4.69, 9.17) is 0 Å². The lowest BCUT2D eigenvalue weighted by Crippen LogP contribution is -2.22. The lowest BCUT2D eigenvalue weighted by Gasteiger charge is -2.15. The molecule has 0 saturated heterocycles. The Hall–Kier alpha value is -2.36. The Balaban J connectivity index is 1.46. The van der Waals surface area contributed by atoms with Crippen molar-refractivity contribution in [1.82, 2.24) is 0 Å². The van der Waals surface area contributed by atoms with Crippen LogP contribution in [0.5, 0.6) is 0 Å². The van der Waals surface area contributed by atoms with Crippen molar-refractivity contribution >= 4 is 11.6 Å². The highest BCUT2D eigenvalue weighted by Gasteiger charge is 2.31. The Morgan fingerprint density at radius 2 is 1.10 bits per heavy atom. The number of rotatable bonds is 13. The average molecular weight is 399 g/mol. The van der Waals surface area contributed by atoms with Gasteiger partial charge in [0.2, 0.25) is 11.6 Å². The van der Waals surface area contributed by atoms with Crippen LogP contribution in [0.1, 0.15) is 83.1 Å². The first kappa shape index (κ1) is 22.9. The molecule has 0 heterocycles. The molecule has 0 bridgehead atoms. The van der Waals surface area contributed by atoms with E-state index in [1.807, 2.05) is 0 Å². The molecule has 1 aliphatic rings. The second kappa shape index (κ2) is 12.3. The van der Waals surface area contributed by atoms with E-state index in [0.29, 0.717) is 6.42 Å². The molecule has 0 amide bonds. The zero-order valence-corrected chi connectivity index (χ0v) is 17.6. The predicted molar refractivity (Wildman–Crippen MR) is 116 cm³/mol. The molecule has 1 aromatic rings. The molecule has 0 radical (unpaired) electrons. The fourth-order valence-corrected chi connectivity index (χ4v) is 3.76. The molecule has 2 rings (SSSR count). The van der Waals surface area contributed by atoms with Gasteiger partial charge in [-0.05, 0) is 38.2 Å². The molecule has 0 fully saturated rings. The Labute approximate surface area is 174 Å². The number of hydrogen-bond acceptors (Lipinski definition) is 4. The maximum absolute atomic E-state index is 12.0. The van der Waals surface area contributed by atoms with Crippen LogP contribution in [-0.2, 0) is 16.0 Å². The van der Waals surface area contributed by atoms with Crippen LogP contribution in [0, 0.1) is 0 Å². The number of ketones is 2. The third-order valence-electron chi connectivity index (χ3n) is 5.67. The number of allylic oxidation sites excluding steroid dienone is 2. The molecule has 158 valence electrons. The minimum absolute atomic E-state index is 0.0635. The number of aliphatic hydroxyl groups is 2. The van der Waals surface area contributed by atoms with Crippen LogP contribution < -0.4 is 0 Å². The van der Waals surface area contributed by atoms with E-state index in [1.165, 1.54) is 63.9 Å². The van der Waals surface area contributed by atoms with E-state index in [0.717, 1.165) is 19.3 Å². The molecule has 4 heteroatoms. The van der Waals surface area contributed by atoms with Gasteiger partial charge in [-0.3, -0.25) is 9.59 Å². The van der Waals surface area contributed by atoms with Crippen molar-refractivity contribution in [3.8, 4) is 0 Å². The van der Waals surface area contributed by atoms with Gasteiger partial charge < -0.3 is 10.2 Å². The Morgan fingerprint density at radius 3 is 1.66 bits per heavy atom. The highest BCUT2D eigenvalue weighted by atomic mass is 16.3. The Morgan fingerprint density at radius 1 is 0.621 bits per heavy atom. The minimum atomic E-state index is -0.638. The number of aliphatic hydroxyl groups excluding tert-OH is 2.